The van der Waals surface area contributed by atoms with Crippen LogP contribution in [0.1, 0.15) is 71.3 Å². The first-order valence-corrected chi connectivity index (χ1v) is 13.5. The molecule has 0 heterocycles. The average molecular weight is 532 g/mol. The minimum absolute atomic E-state index is 0.0167. The van der Waals surface area contributed by atoms with Crippen LogP contribution in [0.3, 0.4) is 0 Å². The van der Waals surface area contributed by atoms with Gasteiger partial charge < -0.3 is 20.7 Å². The monoisotopic (exact) mass is 531 g/mol. The molecule has 10 nitrogen and oxygen atoms in total. The second kappa shape index (κ2) is 19.9. The van der Waals surface area contributed by atoms with E-state index in [9.17, 15) is 24.0 Å². The zero-order valence-corrected chi connectivity index (χ0v) is 23.0. The molecule has 0 saturated heterocycles. The van der Waals surface area contributed by atoms with Crippen molar-refractivity contribution < 1.29 is 24.0 Å². The molecule has 0 aliphatic carbocycles. The Balaban J connectivity index is 2.52. The van der Waals surface area contributed by atoms with E-state index in [-0.39, 0.29) is 43.0 Å². The van der Waals surface area contributed by atoms with Gasteiger partial charge in [-0.3, -0.25) is 19.2 Å². The average Bonchev–Trinajstić information content (AvgIpc) is 2.88. The van der Waals surface area contributed by atoms with E-state index in [1.165, 1.54) is 6.92 Å². The van der Waals surface area contributed by atoms with Gasteiger partial charge in [0.05, 0.1) is 13.1 Å². The molecule has 10 heteroatoms. The maximum absolute atomic E-state index is 13.1. The van der Waals surface area contributed by atoms with Gasteiger partial charge in [0.2, 0.25) is 17.7 Å². The van der Waals surface area contributed by atoms with E-state index < -0.39 is 18.0 Å². The van der Waals surface area contributed by atoms with Crippen LogP contribution in [-0.2, 0) is 30.4 Å². The number of benzene rings is 1. The smallest absolute Gasteiger partial charge is 0.243 e. The molecule has 0 fully saturated rings. The predicted octanol–water partition coefficient (Wildman–Crippen LogP) is 1.58. The number of aldehydes is 1. The summed E-state index contributed by atoms with van der Waals surface area (Å²) in [5.74, 6) is -0.569. The van der Waals surface area contributed by atoms with E-state index in [0.29, 0.717) is 25.7 Å². The summed E-state index contributed by atoms with van der Waals surface area (Å²) in [6.07, 6.45) is 6.54. The van der Waals surface area contributed by atoms with Crippen LogP contribution in [0, 0.1) is 5.92 Å². The summed E-state index contributed by atoms with van der Waals surface area (Å²) in [5.41, 5.74) is 6.73. The minimum Gasteiger partial charge on any atom is -0.356 e. The van der Waals surface area contributed by atoms with Crippen LogP contribution < -0.4 is 26.8 Å². The Labute approximate surface area is 226 Å². The Kier molecular flexibility index (Phi) is 17.3. The fraction of sp³-hybridized carbons (Fsp3) is 0.607. The molecule has 5 N–H and O–H groups in total. The van der Waals surface area contributed by atoms with Gasteiger partial charge in [0.1, 0.15) is 24.2 Å². The number of ketones is 1. The van der Waals surface area contributed by atoms with Gasteiger partial charge >= 0.3 is 0 Å². The number of carbonyl (C=O) groups excluding carboxylic acids is 5. The number of hydrogen-bond acceptors (Lipinski definition) is 7. The van der Waals surface area contributed by atoms with Crippen molar-refractivity contribution >= 4 is 29.8 Å². The van der Waals surface area contributed by atoms with Crippen molar-refractivity contribution in [3.05, 3.63) is 35.9 Å². The Morgan fingerprint density at radius 3 is 2.21 bits per heavy atom. The van der Waals surface area contributed by atoms with Gasteiger partial charge in [0.15, 0.2) is 0 Å². The van der Waals surface area contributed by atoms with Crippen LogP contribution in [-0.4, -0.2) is 61.5 Å². The van der Waals surface area contributed by atoms with Gasteiger partial charge in [-0.05, 0) is 30.7 Å². The summed E-state index contributed by atoms with van der Waals surface area (Å²) in [6.45, 7) is 6.13. The summed E-state index contributed by atoms with van der Waals surface area (Å²) in [6, 6.07) is 7.83. The fourth-order valence-corrected chi connectivity index (χ4v) is 3.90. The molecule has 0 radical (unpaired) electrons. The Hall–Kier alpha value is -3.11. The molecule has 2 atom stereocenters. The SMILES string of the molecule is CC(=O)NCCCCCCCC(=O)CNN[C@@H](CC(C)C)C(=O)N[C@@H](Cc1ccccc1)C(=O)NCC=O. The second-order valence-corrected chi connectivity index (χ2v) is 9.88. The van der Waals surface area contributed by atoms with Crippen molar-refractivity contribution in [2.24, 2.45) is 5.92 Å². The molecule has 1 aromatic rings. The van der Waals surface area contributed by atoms with Crippen LogP contribution in [0.15, 0.2) is 30.3 Å². The molecule has 0 spiro atoms. The molecule has 0 saturated carbocycles. The number of amides is 3. The zero-order valence-electron chi connectivity index (χ0n) is 23.0. The van der Waals surface area contributed by atoms with Crippen molar-refractivity contribution in [1.29, 1.82) is 0 Å². The van der Waals surface area contributed by atoms with E-state index in [1.54, 1.807) is 0 Å². The van der Waals surface area contributed by atoms with Crippen LogP contribution in [0.2, 0.25) is 0 Å². The third-order valence-corrected chi connectivity index (χ3v) is 5.87. The Morgan fingerprint density at radius 2 is 1.55 bits per heavy atom. The molecule has 0 unspecified atom stereocenters. The van der Waals surface area contributed by atoms with Gasteiger partial charge in [-0.2, -0.15) is 0 Å². The normalized spacial score (nSPS) is 12.4. The van der Waals surface area contributed by atoms with Crippen molar-refractivity contribution in [2.75, 3.05) is 19.6 Å². The van der Waals surface area contributed by atoms with Crippen LogP contribution >= 0.6 is 0 Å². The summed E-state index contributed by atoms with van der Waals surface area (Å²) >= 11 is 0. The highest BCUT2D eigenvalue weighted by atomic mass is 16.2. The molecule has 0 aliphatic heterocycles. The number of unbranched alkanes of at least 4 members (excludes halogenated alkanes) is 4. The molecule has 0 aromatic heterocycles. The molecule has 0 aliphatic rings. The first-order valence-electron chi connectivity index (χ1n) is 13.5. The van der Waals surface area contributed by atoms with Gasteiger partial charge in [0, 0.05) is 26.3 Å². The number of hydrogen-bond donors (Lipinski definition) is 5. The molecule has 3 amide bonds. The lowest BCUT2D eigenvalue weighted by atomic mass is 10.0. The van der Waals surface area contributed by atoms with Crippen LogP contribution in [0.4, 0.5) is 0 Å². The number of nitrogens with one attached hydrogen (secondary N) is 5. The topological polar surface area (TPSA) is 146 Å². The molecular formula is C28H45N5O5. The first kappa shape index (κ1) is 32.9. The van der Waals surface area contributed by atoms with E-state index in [2.05, 4.69) is 26.8 Å². The van der Waals surface area contributed by atoms with Gasteiger partial charge in [0.25, 0.3) is 0 Å². The standard InChI is InChI=1S/C28H45N5O5/c1-21(2)18-26(33-31-20-24(36)14-10-5-4-6-11-15-29-22(3)35)28(38)32-25(27(37)30-16-17-34)19-23-12-8-7-9-13-23/h7-9,12-13,17,21,25-26,31,33H,4-6,10-11,14-16,18-20H2,1-3H3,(H,29,35)(H,30,37)(H,32,38)/t25-,26-/m0/s1. The minimum atomic E-state index is -0.846. The van der Waals surface area contributed by atoms with Crippen molar-refractivity contribution in [1.82, 2.24) is 26.8 Å². The molecule has 212 valence electrons. The predicted molar refractivity (Wildman–Crippen MR) is 147 cm³/mol. The van der Waals surface area contributed by atoms with E-state index in [0.717, 1.165) is 37.7 Å². The molecule has 0 bridgehead atoms. The quantitative estimate of drug-likeness (QED) is 0.0920. The summed E-state index contributed by atoms with van der Waals surface area (Å²) in [4.78, 5) is 59.6. The van der Waals surface area contributed by atoms with E-state index in [1.807, 2.05) is 44.2 Å². The largest absolute Gasteiger partial charge is 0.356 e. The van der Waals surface area contributed by atoms with E-state index >= 15 is 0 Å². The van der Waals surface area contributed by atoms with Crippen molar-refractivity contribution in [2.45, 2.75) is 84.2 Å². The molecule has 38 heavy (non-hydrogen) atoms. The number of carbonyl (C=O) groups is 5. The summed E-state index contributed by atoms with van der Waals surface area (Å²) in [5, 5.41) is 8.10. The number of Topliss-reactive ketones (excluding diaryl/α,β-unsaturated/α-hetero) is 1. The van der Waals surface area contributed by atoms with Crippen LogP contribution in [0.5, 0.6) is 0 Å². The maximum atomic E-state index is 13.1. The third kappa shape index (κ3) is 15.9. The van der Waals surface area contributed by atoms with Gasteiger partial charge in [-0.1, -0.05) is 63.4 Å². The highest BCUT2D eigenvalue weighted by molar-refractivity contribution is 5.90. The highest BCUT2D eigenvalue weighted by Crippen LogP contribution is 2.08. The first-order chi connectivity index (χ1) is 18.2. The maximum Gasteiger partial charge on any atom is 0.243 e. The molecular weight excluding hydrogens is 486 g/mol. The van der Waals surface area contributed by atoms with Gasteiger partial charge in [-0.15, -0.1) is 0 Å². The van der Waals surface area contributed by atoms with Gasteiger partial charge in [-0.25, -0.2) is 10.9 Å². The second-order valence-electron chi connectivity index (χ2n) is 9.88. The lowest BCUT2D eigenvalue weighted by Gasteiger charge is -2.24. The van der Waals surface area contributed by atoms with Crippen molar-refractivity contribution in [3.63, 3.8) is 0 Å². The van der Waals surface area contributed by atoms with E-state index in [4.69, 9.17) is 0 Å². The summed E-state index contributed by atoms with van der Waals surface area (Å²) < 4.78 is 0. The Bertz CT molecular complexity index is 862. The lowest BCUT2D eigenvalue weighted by molar-refractivity contribution is -0.130. The lowest BCUT2D eigenvalue weighted by Crippen LogP contribution is -2.56. The Morgan fingerprint density at radius 1 is 0.868 bits per heavy atom. The third-order valence-electron chi connectivity index (χ3n) is 5.87. The molecule has 1 rings (SSSR count). The van der Waals surface area contributed by atoms with Crippen LogP contribution in [0.25, 0.3) is 0 Å². The van der Waals surface area contributed by atoms with Crippen molar-refractivity contribution in [3.8, 4) is 0 Å². The fourth-order valence-electron chi connectivity index (χ4n) is 3.90. The zero-order chi connectivity index (χ0) is 28.2. The number of hydrazine groups is 1. The number of rotatable bonds is 21. The highest BCUT2D eigenvalue weighted by Gasteiger charge is 2.26. The summed E-state index contributed by atoms with van der Waals surface area (Å²) in [7, 11) is 0. The molecule has 1 aromatic carbocycles.